The summed E-state index contributed by atoms with van der Waals surface area (Å²) in [4.78, 5) is 0. The summed E-state index contributed by atoms with van der Waals surface area (Å²) in [6.45, 7) is 1.66. The number of hydrogen-bond donors (Lipinski definition) is 0. The smallest absolute Gasteiger partial charge is 0.187 e. The Bertz CT molecular complexity index is 807. The fourth-order valence-corrected chi connectivity index (χ4v) is 3.88. The number of rotatable bonds is 10. The van der Waals surface area contributed by atoms with Crippen molar-refractivity contribution in [3.63, 3.8) is 0 Å². The second kappa shape index (κ2) is 9.32. The zero-order valence-electron chi connectivity index (χ0n) is 17.5. The number of ether oxygens (including phenoxy) is 7. The monoisotopic (exact) mass is 416 g/mol. The van der Waals surface area contributed by atoms with Gasteiger partial charge in [0.15, 0.2) is 6.29 Å². The van der Waals surface area contributed by atoms with Gasteiger partial charge in [-0.2, -0.15) is 0 Å². The lowest BCUT2D eigenvalue weighted by atomic mass is 10.00. The molecule has 2 aromatic rings. The zero-order valence-corrected chi connectivity index (χ0v) is 17.5. The molecule has 0 aromatic heterocycles. The largest absolute Gasteiger partial charge is 0.497 e. The summed E-state index contributed by atoms with van der Waals surface area (Å²) in [5.74, 6) is 1.63. The van der Waals surface area contributed by atoms with Crippen LogP contribution in [0.1, 0.15) is 11.1 Å². The molecule has 0 spiro atoms. The molecule has 2 heterocycles. The van der Waals surface area contributed by atoms with E-state index in [-0.39, 0.29) is 12.2 Å². The van der Waals surface area contributed by atoms with Crippen molar-refractivity contribution in [2.24, 2.45) is 0 Å². The second-order valence-corrected chi connectivity index (χ2v) is 7.48. The molecular weight excluding hydrogens is 388 g/mol. The lowest BCUT2D eigenvalue weighted by Gasteiger charge is -2.30. The molecule has 7 nitrogen and oxygen atoms in total. The van der Waals surface area contributed by atoms with Crippen LogP contribution in [0.2, 0.25) is 0 Å². The Morgan fingerprint density at radius 1 is 0.867 bits per heavy atom. The maximum absolute atomic E-state index is 6.25. The van der Waals surface area contributed by atoms with Gasteiger partial charge >= 0.3 is 0 Å². The first kappa shape index (κ1) is 21.1. The molecule has 2 saturated heterocycles. The van der Waals surface area contributed by atoms with E-state index in [0.29, 0.717) is 26.4 Å². The Morgan fingerprint density at radius 3 is 2.03 bits per heavy atom. The molecule has 0 saturated carbocycles. The van der Waals surface area contributed by atoms with Crippen molar-refractivity contribution < 1.29 is 33.2 Å². The van der Waals surface area contributed by atoms with Crippen LogP contribution < -0.4 is 9.47 Å². The van der Waals surface area contributed by atoms with Crippen LogP contribution in [0.25, 0.3) is 0 Å². The molecule has 162 valence electrons. The maximum Gasteiger partial charge on any atom is 0.187 e. The lowest BCUT2D eigenvalue weighted by molar-refractivity contribution is -0.246. The van der Waals surface area contributed by atoms with E-state index in [1.165, 1.54) is 0 Å². The fraction of sp³-hybridized carbons (Fsp3) is 0.478. The first-order valence-electron chi connectivity index (χ1n) is 9.95. The normalized spacial score (nSPS) is 27.4. The quantitative estimate of drug-likeness (QED) is 0.590. The highest BCUT2D eigenvalue weighted by Crippen LogP contribution is 2.43. The lowest BCUT2D eigenvalue weighted by Crippen LogP contribution is -2.46. The van der Waals surface area contributed by atoms with Crippen molar-refractivity contribution in [3.05, 3.63) is 59.7 Å². The molecule has 2 aliphatic heterocycles. The van der Waals surface area contributed by atoms with E-state index in [9.17, 15) is 0 Å². The molecule has 0 amide bonds. The summed E-state index contributed by atoms with van der Waals surface area (Å²) in [6, 6.07) is 15.6. The highest BCUT2D eigenvalue weighted by atomic mass is 16.8. The standard InChI is InChI=1S/C23H28O7/c1-24-18-8-4-16(5-9-18)12-27-14-23-15-29-20(22(26-3)30-23)21(23)28-13-17-6-10-19(25-2)11-7-17/h4-11,20-22H,12-15H2,1-3H3/t20-,21+,22-,23+/m0/s1. The van der Waals surface area contributed by atoms with E-state index in [4.69, 9.17) is 33.2 Å². The van der Waals surface area contributed by atoms with Crippen molar-refractivity contribution in [3.8, 4) is 11.5 Å². The van der Waals surface area contributed by atoms with Gasteiger partial charge in [0.25, 0.3) is 0 Å². The summed E-state index contributed by atoms with van der Waals surface area (Å²) in [7, 11) is 4.91. The second-order valence-electron chi connectivity index (χ2n) is 7.48. The van der Waals surface area contributed by atoms with Gasteiger partial charge in [-0.25, -0.2) is 0 Å². The summed E-state index contributed by atoms with van der Waals surface area (Å²) >= 11 is 0. The van der Waals surface area contributed by atoms with Gasteiger partial charge in [0.05, 0.1) is 40.6 Å². The molecule has 2 aromatic carbocycles. The van der Waals surface area contributed by atoms with Gasteiger partial charge in [0.2, 0.25) is 0 Å². The van der Waals surface area contributed by atoms with Crippen molar-refractivity contribution in [2.75, 3.05) is 34.5 Å². The Morgan fingerprint density at radius 2 is 1.47 bits per heavy atom. The maximum atomic E-state index is 6.25. The molecule has 4 atom stereocenters. The van der Waals surface area contributed by atoms with Crippen LogP contribution in [0.3, 0.4) is 0 Å². The molecule has 0 radical (unpaired) electrons. The third kappa shape index (κ3) is 4.31. The van der Waals surface area contributed by atoms with Crippen LogP contribution in [0.5, 0.6) is 11.5 Å². The number of hydrogen-bond acceptors (Lipinski definition) is 7. The molecule has 2 bridgehead atoms. The average molecular weight is 416 g/mol. The van der Waals surface area contributed by atoms with E-state index < -0.39 is 11.9 Å². The molecular formula is C23H28O7. The van der Waals surface area contributed by atoms with Crippen LogP contribution in [0, 0.1) is 0 Å². The minimum atomic E-state index is -0.690. The highest BCUT2D eigenvalue weighted by Gasteiger charge is 2.63. The zero-order chi connectivity index (χ0) is 21.0. The van der Waals surface area contributed by atoms with Crippen LogP contribution in [-0.4, -0.2) is 58.6 Å². The molecule has 7 heteroatoms. The first-order chi connectivity index (χ1) is 14.7. The van der Waals surface area contributed by atoms with Gasteiger partial charge in [-0.05, 0) is 35.4 Å². The van der Waals surface area contributed by atoms with Crippen molar-refractivity contribution in [1.82, 2.24) is 0 Å². The van der Waals surface area contributed by atoms with E-state index in [1.54, 1.807) is 21.3 Å². The van der Waals surface area contributed by atoms with Gasteiger partial charge < -0.3 is 33.2 Å². The Hall–Kier alpha value is -2.16. The summed E-state index contributed by atoms with van der Waals surface area (Å²) in [5, 5.41) is 0. The summed E-state index contributed by atoms with van der Waals surface area (Å²) in [5.41, 5.74) is 1.41. The van der Waals surface area contributed by atoms with Crippen LogP contribution in [-0.2, 0) is 36.9 Å². The van der Waals surface area contributed by atoms with E-state index >= 15 is 0 Å². The molecule has 2 fully saturated rings. The van der Waals surface area contributed by atoms with Gasteiger partial charge in [0, 0.05) is 7.11 Å². The van der Waals surface area contributed by atoms with E-state index in [0.717, 1.165) is 22.6 Å². The topological polar surface area (TPSA) is 64.6 Å². The number of methoxy groups -OCH3 is 3. The Labute approximate surface area is 176 Å². The number of fused-ring (bicyclic) bond motifs is 2. The first-order valence-corrected chi connectivity index (χ1v) is 9.95. The molecule has 0 unspecified atom stereocenters. The van der Waals surface area contributed by atoms with Crippen LogP contribution in [0.15, 0.2) is 48.5 Å². The Balaban J connectivity index is 1.38. The molecule has 0 N–H and O–H groups in total. The predicted octanol–water partition coefficient (Wildman–Crippen LogP) is 2.95. The molecule has 0 aliphatic carbocycles. The van der Waals surface area contributed by atoms with Gasteiger partial charge in [-0.3, -0.25) is 0 Å². The number of benzene rings is 2. The molecule has 4 rings (SSSR count). The SMILES string of the molecule is COc1ccc(COC[C@]23CO[C@H]([C@@H](OC)O2)[C@H]3OCc2ccc(OC)cc2)cc1. The van der Waals surface area contributed by atoms with E-state index in [1.807, 2.05) is 48.5 Å². The summed E-state index contributed by atoms with van der Waals surface area (Å²) in [6.07, 6.45) is -1.03. The summed E-state index contributed by atoms with van der Waals surface area (Å²) < 4.78 is 40.2. The van der Waals surface area contributed by atoms with Crippen LogP contribution >= 0.6 is 0 Å². The van der Waals surface area contributed by atoms with Gasteiger partial charge in [-0.1, -0.05) is 24.3 Å². The van der Waals surface area contributed by atoms with Gasteiger partial charge in [-0.15, -0.1) is 0 Å². The third-order valence-electron chi connectivity index (χ3n) is 5.55. The minimum absolute atomic E-state index is 0.277. The predicted molar refractivity (Wildman–Crippen MR) is 109 cm³/mol. The molecule has 2 aliphatic rings. The van der Waals surface area contributed by atoms with Crippen molar-refractivity contribution in [2.45, 2.75) is 37.3 Å². The fourth-order valence-electron chi connectivity index (χ4n) is 3.88. The highest BCUT2D eigenvalue weighted by molar-refractivity contribution is 5.27. The minimum Gasteiger partial charge on any atom is -0.497 e. The van der Waals surface area contributed by atoms with E-state index in [2.05, 4.69) is 0 Å². The van der Waals surface area contributed by atoms with Crippen molar-refractivity contribution in [1.29, 1.82) is 0 Å². The average Bonchev–Trinajstić information content (AvgIpc) is 3.30. The third-order valence-corrected chi connectivity index (χ3v) is 5.55. The van der Waals surface area contributed by atoms with Crippen LogP contribution in [0.4, 0.5) is 0 Å². The van der Waals surface area contributed by atoms with Gasteiger partial charge in [0.1, 0.15) is 29.3 Å². The molecule has 30 heavy (non-hydrogen) atoms. The Kier molecular flexibility index (Phi) is 6.55. The van der Waals surface area contributed by atoms with Crippen molar-refractivity contribution >= 4 is 0 Å².